The first-order valence-corrected chi connectivity index (χ1v) is 10.3. The summed E-state index contributed by atoms with van der Waals surface area (Å²) in [4.78, 5) is 27.1. The van der Waals surface area contributed by atoms with E-state index in [-0.39, 0.29) is 25.0 Å². The molecule has 7 heteroatoms. The number of nitrogens with one attached hydrogen (secondary N) is 1. The Hall–Kier alpha value is -2.73. The van der Waals surface area contributed by atoms with Crippen LogP contribution in [0.4, 0.5) is 0 Å². The molecular weight excluding hydrogens is 404 g/mol. The number of nitrogens with zero attached hydrogens (tertiary/aromatic N) is 1. The highest BCUT2D eigenvalue weighted by Gasteiger charge is 2.26. The molecule has 162 valence electrons. The second kappa shape index (κ2) is 11.5. The van der Waals surface area contributed by atoms with E-state index in [2.05, 4.69) is 5.32 Å². The fourth-order valence-corrected chi connectivity index (χ4v) is 2.89. The van der Waals surface area contributed by atoms with Crippen LogP contribution >= 0.6 is 11.6 Å². The molecule has 0 heterocycles. The van der Waals surface area contributed by atoms with Crippen LogP contribution < -0.4 is 14.8 Å². The molecule has 2 aromatic rings. The lowest BCUT2D eigenvalue weighted by Gasteiger charge is -2.29. The minimum Gasteiger partial charge on any atom is -0.497 e. The number of hydrogen-bond donors (Lipinski definition) is 1. The third kappa shape index (κ3) is 7.26. The second-order valence-electron chi connectivity index (χ2n) is 7.43. The lowest BCUT2D eigenvalue weighted by Crippen LogP contribution is -2.49. The fraction of sp³-hybridized carbons (Fsp3) is 0.391. The Morgan fingerprint density at radius 1 is 1.07 bits per heavy atom. The van der Waals surface area contributed by atoms with Crippen LogP contribution in [0.1, 0.15) is 26.3 Å². The summed E-state index contributed by atoms with van der Waals surface area (Å²) < 4.78 is 10.9. The van der Waals surface area contributed by atoms with Crippen molar-refractivity contribution in [1.82, 2.24) is 10.2 Å². The normalized spacial score (nSPS) is 11.7. The Morgan fingerprint density at radius 3 is 2.40 bits per heavy atom. The molecule has 2 rings (SSSR count). The summed E-state index contributed by atoms with van der Waals surface area (Å²) in [5.41, 5.74) is 0.859. The van der Waals surface area contributed by atoms with Gasteiger partial charge < -0.3 is 19.7 Å². The standard InChI is InChI=1S/C23H29ClN2O4/c1-16(2)13-25-23(28)17(3)26(14-18-6-5-7-21(12-18)29-4)22(27)15-30-20-10-8-19(24)9-11-20/h5-12,16-17H,13-15H2,1-4H3,(H,25,28)/t17-/m0/s1. The summed E-state index contributed by atoms with van der Waals surface area (Å²) in [7, 11) is 1.59. The van der Waals surface area contributed by atoms with Gasteiger partial charge in [-0.15, -0.1) is 0 Å². The smallest absolute Gasteiger partial charge is 0.261 e. The van der Waals surface area contributed by atoms with Gasteiger partial charge >= 0.3 is 0 Å². The van der Waals surface area contributed by atoms with Crippen molar-refractivity contribution in [1.29, 1.82) is 0 Å². The Balaban J connectivity index is 2.14. The molecule has 0 aliphatic rings. The molecule has 0 saturated heterocycles. The number of amides is 2. The zero-order chi connectivity index (χ0) is 22.1. The Bertz CT molecular complexity index is 839. The summed E-state index contributed by atoms with van der Waals surface area (Å²) in [6.45, 7) is 6.37. The average molecular weight is 433 g/mol. The highest BCUT2D eigenvalue weighted by Crippen LogP contribution is 2.18. The minimum absolute atomic E-state index is 0.187. The van der Waals surface area contributed by atoms with Crippen molar-refractivity contribution >= 4 is 23.4 Å². The number of hydrogen-bond acceptors (Lipinski definition) is 4. The van der Waals surface area contributed by atoms with Crippen molar-refractivity contribution in [2.45, 2.75) is 33.4 Å². The van der Waals surface area contributed by atoms with Gasteiger partial charge in [-0.1, -0.05) is 37.6 Å². The zero-order valence-corrected chi connectivity index (χ0v) is 18.6. The van der Waals surface area contributed by atoms with E-state index in [1.807, 2.05) is 38.1 Å². The van der Waals surface area contributed by atoms with E-state index in [0.717, 1.165) is 5.56 Å². The van der Waals surface area contributed by atoms with Gasteiger partial charge in [0, 0.05) is 18.1 Å². The molecule has 1 N–H and O–H groups in total. The van der Waals surface area contributed by atoms with E-state index in [4.69, 9.17) is 21.1 Å². The number of methoxy groups -OCH3 is 1. The molecule has 0 aliphatic carbocycles. The van der Waals surface area contributed by atoms with Crippen LogP contribution in [0.2, 0.25) is 5.02 Å². The topological polar surface area (TPSA) is 67.9 Å². The summed E-state index contributed by atoms with van der Waals surface area (Å²) in [6.07, 6.45) is 0. The molecule has 0 saturated carbocycles. The molecule has 2 aromatic carbocycles. The maximum atomic E-state index is 13.0. The monoisotopic (exact) mass is 432 g/mol. The van der Waals surface area contributed by atoms with Crippen molar-refractivity contribution in [3.8, 4) is 11.5 Å². The zero-order valence-electron chi connectivity index (χ0n) is 17.9. The van der Waals surface area contributed by atoms with Gasteiger partial charge in [-0.05, 0) is 54.8 Å². The van der Waals surface area contributed by atoms with E-state index < -0.39 is 6.04 Å². The maximum Gasteiger partial charge on any atom is 0.261 e. The highest BCUT2D eigenvalue weighted by atomic mass is 35.5. The van der Waals surface area contributed by atoms with Gasteiger partial charge in [-0.3, -0.25) is 9.59 Å². The van der Waals surface area contributed by atoms with Crippen molar-refractivity contribution in [3.05, 3.63) is 59.1 Å². The lowest BCUT2D eigenvalue weighted by molar-refractivity contribution is -0.142. The highest BCUT2D eigenvalue weighted by molar-refractivity contribution is 6.30. The van der Waals surface area contributed by atoms with Crippen molar-refractivity contribution in [3.63, 3.8) is 0 Å². The fourth-order valence-electron chi connectivity index (χ4n) is 2.76. The Kier molecular flexibility index (Phi) is 8.99. The summed E-state index contributed by atoms with van der Waals surface area (Å²) in [6, 6.07) is 13.5. The van der Waals surface area contributed by atoms with Gasteiger partial charge in [0.05, 0.1) is 7.11 Å². The molecule has 0 fully saturated rings. The van der Waals surface area contributed by atoms with E-state index >= 15 is 0 Å². The minimum atomic E-state index is -0.656. The van der Waals surface area contributed by atoms with Crippen LogP contribution in [0, 0.1) is 5.92 Å². The average Bonchev–Trinajstić information content (AvgIpc) is 2.74. The van der Waals surface area contributed by atoms with E-state index in [9.17, 15) is 9.59 Å². The van der Waals surface area contributed by atoms with E-state index in [0.29, 0.717) is 29.0 Å². The van der Waals surface area contributed by atoms with Crippen molar-refractivity contribution < 1.29 is 19.1 Å². The van der Waals surface area contributed by atoms with Crippen LogP contribution in [-0.4, -0.2) is 43.0 Å². The summed E-state index contributed by atoms with van der Waals surface area (Å²) in [5.74, 6) is 1.04. The molecule has 0 spiro atoms. The third-order valence-corrected chi connectivity index (χ3v) is 4.77. The van der Waals surface area contributed by atoms with Crippen LogP contribution in [-0.2, 0) is 16.1 Å². The predicted octanol–water partition coefficient (Wildman–Crippen LogP) is 3.92. The molecule has 0 unspecified atom stereocenters. The van der Waals surface area contributed by atoms with Crippen LogP contribution in [0.15, 0.2) is 48.5 Å². The number of halogens is 1. The molecule has 0 aliphatic heterocycles. The van der Waals surface area contributed by atoms with Crippen molar-refractivity contribution in [2.75, 3.05) is 20.3 Å². The molecule has 30 heavy (non-hydrogen) atoms. The lowest BCUT2D eigenvalue weighted by atomic mass is 10.1. The van der Waals surface area contributed by atoms with Crippen LogP contribution in [0.25, 0.3) is 0 Å². The molecule has 1 atom stereocenters. The largest absolute Gasteiger partial charge is 0.497 e. The number of benzene rings is 2. The van der Waals surface area contributed by atoms with Gasteiger partial charge in [0.1, 0.15) is 17.5 Å². The van der Waals surface area contributed by atoms with Crippen LogP contribution in [0.3, 0.4) is 0 Å². The van der Waals surface area contributed by atoms with Gasteiger partial charge in [0.2, 0.25) is 5.91 Å². The predicted molar refractivity (Wildman–Crippen MR) is 118 cm³/mol. The third-order valence-electron chi connectivity index (χ3n) is 4.51. The van der Waals surface area contributed by atoms with Gasteiger partial charge in [0.25, 0.3) is 5.91 Å². The second-order valence-corrected chi connectivity index (χ2v) is 7.87. The molecule has 0 bridgehead atoms. The van der Waals surface area contributed by atoms with Crippen LogP contribution in [0.5, 0.6) is 11.5 Å². The molecular formula is C23H29ClN2O4. The first kappa shape index (κ1) is 23.5. The first-order chi connectivity index (χ1) is 14.3. The van der Waals surface area contributed by atoms with Crippen molar-refractivity contribution in [2.24, 2.45) is 5.92 Å². The van der Waals surface area contributed by atoms with E-state index in [1.165, 1.54) is 4.90 Å². The molecule has 0 aromatic heterocycles. The number of ether oxygens (including phenoxy) is 2. The summed E-state index contributed by atoms with van der Waals surface area (Å²) >= 11 is 5.88. The van der Waals surface area contributed by atoms with Gasteiger partial charge in [-0.25, -0.2) is 0 Å². The van der Waals surface area contributed by atoms with Gasteiger partial charge in [-0.2, -0.15) is 0 Å². The van der Waals surface area contributed by atoms with E-state index in [1.54, 1.807) is 38.3 Å². The Morgan fingerprint density at radius 2 is 1.77 bits per heavy atom. The Labute approximate surface area is 183 Å². The quantitative estimate of drug-likeness (QED) is 0.618. The number of carbonyl (C=O) groups is 2. The maximum absolute atomic E-state index is 13.0. The number of carbonyl (C=O) groups excluding carboxylic acids is 2. The number of rotatable bonds is 10. The molecule has 2 amide bonds. The SMILES string of the molecule is COc1cccc(CN(C(=O)COc2ccc(Cl)cc2)[C@@H](C)C(=O)NCC(C)C)c1. The molecule has 6 nitrogen and oxygen atoms in total. The summed E-state index contributed by atoms with van der Waals surface area (Å²) in [5, 5.41) is 3.48. The van der Waals surface area contributed by atoms with Gasteiger partial charge in [0.15, 0.2) is 6.61 Å². The molecule has 0 radical (unpaired) electrons. The first-order valence-electron chi connectivity index (χ1n) is 9.88.